The molecule has 0 unspecified atom stereocenters. The summed E-state index contributed by atoms with van der Waals surface area (Å²) in [6.07, 6.45) is 1.82. The van der Waals surface area contributed by atoms with E-state index in [2.05, 4.69) is 58.7 Å². The fraction of sp³-hybridized carbons (Fsp3) is 0.214. The summed E-state index contributed by atoms with van der Waals surface area (Å²) in [4.78, 5) is 6.85. The Bertz CT molecular complexity index is 1400. The van der Waals surface area contributed by atoms with E-state index in [1.807, 2.05) is 54.7 Å². The molecule has 1 N–H and O–H groups in total. The molecule has 1 aliphatic heterocycles. The first-order valence-electron chi connectivity index (χ1n) is 11.5. The highest BCUT2D eigenvalue weighted by molar-refractivity contribution is 7.80. The molecule has 0 saturated carbocycles. The van der Waals surface area contributed by atoms with Crippen molar-refractivity contribution in [3.63, 3.8) is 0 Å². The van der Waals surface area contributed by atoms with Crippen LogP contribution in [0.1, 0.15) is 40.3 Å². The van der Waals surface area contributed by atoms with Crippen molar-refractivity contribution >= 4 is 34.6 Å². The minimum Gasteiger partial charge on any atom is -0.497 e. The van der Waals surface area contributed by atoms with E-state index in [9.17, 15) is 0 Å². The van der Waals surface area contributed by atoms with Crippen molar-refractivity contribution in [2.75, 3.05) is 12.0 Å². The number of rotatable bonds is 5. The lowest BCUT2D eigenvalue weighted by atomic mass is 9.96. The molecule has 3 heterocycles. The van der Waals surface area contributed by atoms with E-state index in [1.165, 1.54) is 5.56 Å². The summed E-state index contributed by atoms with van der Waals surface area (Å²) in [6, 6.07) is 22.0. The van der Waals surface area contributed by atoms with Gasteiger partial charge in [-0.15, -0.1) is 0 Å². The van der Waals surface area contributed by atoms with E-state index in [0.29, 0.717) is 10.1 Å². The van der Waals surface area contributed by atoms with Crippen LogP contribution in [0.2, 0.25) is 5.02 Å². The molecule has 4 aromatic rings. The molecule has 0 radical (unpaired) electrons. The normalized spacial score (nSPS) is 17.5. The van der Waals surface area contributed by atoms with Crippen LogP contribution in [0.4, 0.5) is 5.69 Å². The highest BCUT2D eigenvalue weighted by Gasteiger charge is 2.42. The number of hydrogen-bond donors (Lipinski definition) is 1. The van der Waals surface area contributed by atoms with Crippen molar-refractivity contribution in [3.8, 4) is 11.4 Å². The number of benzene rings is 2. The van der Waals surface area contributed by atoms with Crippen LogP contribution in [0, 0.1) is 20.8 Å². The highest BCUT2D eigenvalue weighted by atomic mass is 35.5. The van der Waals surface area contributed by atoms with Crippen LogP contribution in [0.5, 0.6) is 5.75 Å². The largest absolute Gasteiger partial charge is 0.497 e. The molecule has 2 aromatic heterocycles. The Balaban J connectivity index is 1.70. The van der Waals surface area contributed by atoms with Gasteiger partial charge in [0.2, 0.25) is 0 Å². The van der Waals surface area contributed by atoms with Crippen molar-refractivity contribution in [2.24, 2.45) is 0 Å². The summed E-state index contributed by atoms with van der Waals surface area (Å²) in [6.45, 7) is 6.39. The third-order valence-electron chi connectivity index (χ3n) is 6.63. The zero-order valence-corrected chi connectivity index (χ0v) is 21.7. The second-order valence-corrected chi connectivity index (χ2v) is 9.61. The Kier molecular flexibility index (Phi) is 6.26. The molecule has 5 nitrogen and oxygen atoms in total. The van der Waals surface area contributed by atoms with Crippen LogP contribution in [-0.2, 0) is 0 Å². The number of nitrogens with zero attached hydrogens (tertiary/aromatic N) is 3. The molecule has 5 rings (SSSR count). The molecule has 1 fully saturated rings. The molecule has 1 aliphatic rings. The monoisotopic (exact) mass is 502 g/mol. The van der Waals surface area contributed by atoms with Crippen molar-refractivity contribution in [3.05, 3.63) is 106 Å². The van der Waals surface area contributed by atoms with Gasteiger partial charge in [-0.25, -0.2) is 0 Å². The lowest BCUT2D eigenvalue weighted by molar-refractivity contribution is 0.415. The predicted octanol–water partition coefficient (Wildman–Crippen LogP) is 6.64. The fourth-order valence-electron chi connectivity index (χ4n) is 4.99. The number of ether oxygens (including phenoxy) is 1. The molecular formula is C28H27ClN4OS. The van der Waals surface area contributed by atoms with E-state index in [1.54, 1.807) is 7.11 Å². The summed E-state index contributed by atoms with van der Waals surface area (Å²) in [5, 5.41) is 4.92. The van der Waals surface area contributed by atoms with Crippen molar-refractivity contribution in [2.45, 2.75) is 32.9 Å². The van der Waals surface area contributed by atoms with E-state index < -0.39 is 0 Å². The molecular weight excluding hydrogens is 476 g/mol. The molecule has 0 aliphatic carbocycles. The average molecular weight is 503 g/mol. The Hall–Kier alpha value is -3.35. The van der Waals surface area contributed by atoms with E-state index in [-0.39, 0.29) is 12.1 Å². The van der Waals surface area contributed by atoms with E-state index in [0.717, 1.165) is 39.8 Å². The SMILES string of the molecule is COc1cccc(N2C(=S)N[C@@H](c3ccccn3)[C@H]2c2cc(C)n(-c3cc(Cl)ccc3C)c2C)c1. The molecule has 0 amide bonds. The molecule has 0 spiro atoms. The Labute approximate surface area is 216 Å². The standard InChI is InChI=1S/C28H27ClN4OS/c1-17-11-12-20(29)15-25(17)32-18(2)14-23(19(32)3)27-26(24-10-5-6-13-30-24)31-28(35)33(27)21-8-7-9-22(16-21)34-4/h5-16,26-27H,1-4H3,(H,31,35)/t26-,27+/m0/s1. The smallest absolute Gasteiger partial charge is 0.174 e. The summed E-state index contributed by atoms with van der Waals surface area (Å²) in [5.74, 6) is 0.783. The Morgan fingerprint density at radius 3 is 2.57 bits per heavy atom. The number of methoxy groups -OCH3 is 1. The zero-order valence-electron chi connectivity index (χ0n) is 20.1. The number of aryl methyl sites for hydroxylation is 2. The fourth-order valence-corrected chi connectivity index (χ4v) is 5.50. The first kappa shape index (κ1) is 23.4. The van der Waals surface area contributed by atoms with Gasteiger partial charge in [0.1, 0.15) is 5.75 Å². The van der Waals surface area contributed by atoms with Gasteiger partial charge in [-0.2, -0.15) is 0 Å². The van der Waals surface area contributed by atoms with E-state index >= 15 is 0 Å². The van der Waals surface area contributed by atoms with Crippen LogP contribution in [0.3, 0.4) is 0 Å². The predicted molar refractivity (Wildman–Crippen MR) is 146 cm³/mol. The topological polar surface area (TPSA) is 42.3 Å². The van der Waals surface area contributed by atoms with Crippen molar-refractivity contribution in [1.29, 1.82) is 0 Å². The third kappa shape index (κ3) is 4.17. The second kappa shape index (κ2) is 9.36. The van der Waals surface area contributed by atoms with Gasteiger partial charge in [0.25, 0.3) is 0 Å². The Morgan fingerprint density at radius 2 is 1.83 bits per heavy atom. The maximum atomic E-state index is 6.39. The van der Waals surface area contributed by atoms with Crippen LogP contribution in [0.15, 0.2) is 72.9 Å². The average Bonchev–Trinajstić information content (AvgIpc) is 3.36. The number of halogens is 1. The lowest BCUT2D eigenvalue weighted by Gasteiger charge is -2.28. The number of nitrogens with one attached hydrogen (secondary N) is 1. The third-order valence-corrected chi connectivity index (χ3v) is 7.18. The quantitative estimate of drug-likeness (QED) is 0.310. The second-order valence-electron chi connectivity index (χ2n) is 8.79. The first-order chi connectivity index (χ1) is 16.9. The minimum atomic E-state index is -0.121. The number of hydrogen-bond acceptors (Lipinski definition) is 3. The molecule has 2 atom stereocenters. The van der Waals surface area contributed by atoms with Gasteiger partial charge >= 0.3 is 0 Å². The van der Waals surface area contributed by atoms with Gasteiger partial charge in [0.05, 0.1) is 24.9 Å². The van der Waals surface area contributed by atoms with Crippen molar-refractivity contribution in [1.82, 2.24) is 14.9 Å². The maximum absolute atomic E-state index is 6.39. The first-order valence-corrected chi connectivity index (χ1v) is 12.3. The summed E-state index contributed by atoms with van der Waals surface area (Å²) < 4.78 is 7.79. The number of pyridine rings is 1. The minimum absolute atomic E-state index is 0.107. The lowest BCUT2D eigenvalue weighted by Crippen LogP contribution is -2.29. The molecule has 7 heteroatoms. The zero-order chi connectivity index (χ0) is 24.7. The molecule has 35 heavy (non-hydrogen) atoms. The van der Waals surface area contributed by atoms with E-state index in [4.69, 9.17) is 28.6 Å². The van der Waals surface area contributed by atoms with Gasteiger partial charge in [-0.05, 0) is 86.6 Å². The summed E-state index contributed by atoms with van der Waals surface area (Å²) >= 11 is 12.3. The van der Waals surface area contributed by atoms with Crippen LogP contribution < -0.4 is 15.0 Å². The molecule has 1 saturated heterocycles. The maximum Gasteiger partial charge on any atom is 0.174 e. The molecule has 2 aromatic carbocycles. The Morgan fingerprint density at radius 1 is 1.00 bits per heavy atom. The summed E-state index contributed by atoms with van der Waals surface area (Å²) in [5.41, 5.74) is 7.59. The van der Waals surface area contributed by atoms with Crippen LogP contribution >= 0.6 is 23.8 Å². The number of anilines is 1. The van der Waals surface area contributed by atoms with Gasteiger partial charge in [-0.1, -0.05) is 29.8 Å². The van der Waals surface area contributed by atoms with Gasteiger partial charge in [0.15, 0.2) is 5.11 Å². The highest BCUT2D eigenvalue weighted by Crippen LogP contribution is 2.44. The number of aromatic nitrogens is 2. The van der Waals surface area contributed by atoms with Crippen LogP contribution in [-0.4, -0.2) is 21.8 Å². The van der Waals surface area contributed by atoms with Crippen molar-refractivity contribution < 1.29 is 4.74 Å². The molecule has 0 bridgehead atoms. The summed E-state index contributed by atoms with van der Waals surface area (Å²) in [7, 11) is 1.68. The van der Waals surface area contributed by atoms with Crippen LogP contribution in [0.25, 0.3) is 5.69 Å². The molecule has 178 valence electrons. The number of thiocarbonyl (C=S) groups is 1. The van der Waals surface area contributed by atoms with Gasteiger partial charge < -0.3 is 19.5 Å². The van der Waals surface area contributed by atoms with Gasteiger partial charge in [0, 0.05) is 40.0 Å². The van der Waals surface area contributed by atoms with Gasteiger partial charge in [-0.3, -0.25) is 4.98 Å².